The Bertz CT molecular complexity index is 956. The molecule has 0 radical (unpaired) electrons. The molecule has 29 heavy (non-hydrogen) atoms. The van der Waals surface area contributed by atoms with Gasteiger partial charge in [-0.15, -0.1) is 24.2 Å². The van der Waals surface area contributed by atoms with Crippen LogP contribution in [0.2, 0.25) is 0 Å². The monoisotopic (exact) mass is 430 g/mol. The van der Waals surface area contributed by atoms with Crippen LogP contribution in [-0.2, 0) is 0 Å². The minimum atomic E-state index is 0. The first-order chi connectivity index (χ1) is 13.6. The lowest BCUT2D eigenvalue weighted by atomic mass is 10.1. The lowest BCUT2D eigenvalue weighted by molar-refractivity contribution is 0.311. The number of piperazine rings is 1. The van der Waals surface area contributed by atoms with Gasteiger partial charge in [0.1, 0.15) is 5.82 Å². The number of hydrogen-bond donors (Lipinski definition) is 1. The Balaban J connectivity index is 0.00000240. The van der Waals surface area contributed by atoms with Crippen LogP contribution in [0.3, 0.4) is 0 Å². The van der Waals surface area contributed by atoms with Crippen LogP contribution in [0.5, 0.6) is 0 Å². The highest BCUT2D eigenvalue weighted by Gasteiger charge is 2.22. The largest absolute Gasteiger partial charge is 0.368 e. The van der Waals surface area contributed by atoms with E-state index in [1.54, 1.807) is 11.8 Å². The molecule has 1 aliphatic rings. The lowest BCUT2D eigenvalue weighted by Gasteiger charge is -2.32. The summed E-state index contributed by atoms with van der Waals surface area (Å²) in [5.74, 6) is 1.77. The average molecular weight is 431 g/mol. The van der Waals surface area contributed by atoms with Crippen molar-refractivity contribution in [2.24, 2.45) is 0 Å². The molecule has 4 rings (SSSR count). The number of nitrogens with zero attached hydrogens (tertiary/aromatic N) is 5. The summed E-state index contributed by atoms with van der Waals surface area (Å²) >= 11 is 1.80. The third kappa shape index (κ3) is 4.91. The topological polar surface area (TPSA) is 71.2 Å². The van der Waals surface area contributed by atoms with Crippen molar-refractivity contribution in [3.8, 4) is 0 Å². The zero-order chi connectivity index (χ0) is 19.5. The van der Waals surface area contributed by atoms with Gasteiger partial charge in [0.05, 0.1) is 5.25 Å². The van der Waals surface area contributed by atoms with Crippen LogP contribution >= 0.6 is 24.2 Å². The average Bonchev–Trinajstić information content (AvgIpc) is 2.72. The molecule has 1 aromatic heterocycles. The predicted molar refractivity (Wildman–Crippen MR) is 124 cm³/mol. The Morgan fingerprint density at radius 3 is 2.48 bits per heavy atom. The summed E-state index contributed by atoms with van der Waals surface area (Å²) in [6, 6.07) is 14.9. The molecule has 154 valence electrons. The van der Waals surface area contributed by atoms with Gasteiger partial charge in [0.2, 0.25) is 11.9 Å². The first kappa shape index (κ1) is 21.6. The number of rotatable bonds is 5. The van der Waals surface area contributed by atoms with E-state index in [4.69, 9.17) is 10.7 Å². The van der Waals surface area contributed by atoms with Crippen LogP contribution in [0.15, 0.2) is 47.4 Å². The number of fused-ring (bicyclic) bond motifs is 1. The number of nitrogens with two attached hydrogens (primary N) is 1. The van der Waals surface area contributed by atoms with Crippen molar-refractivity contribution in [1.29, 1.82) is 0 Å². The summed E-state index contributed by atoms with van der Waals surface area (Å²) in [5.41, 5.74) is 6.06. The van der Waals surface area contributed by atoms with Crippen LogP contribution in [0.1, 0.15) is 24.4 Å². The molecule has 2 N–H and O–H groups in total. The smallest absolute Gasteiger partial charge is 0.230 e. The summed E-state index contributed by atoms with van der Waals surface area (Å²) in [5, 5.41) is 2.63. The fourth-order valence-electron chi connectivity index (χ4n) is 3.46. The van der Waals surface area contributed by atoms with Gasteiger partial charge in [-0.05, 0) is 30.3 Å². The Labute approximate surface area is 182 Å². The second-order valence-corrected chi connectivity index (χ2v) is 8.38. The molecular formula is C21H27ClN6S. The lowest BCUT2D eigenvalue weighted by Crippen LogP contribution is -2.45. The van der Waals surface area contributed by atoms with Gasteiger partial charge in [-0.3, -0.25) is 0 Å². The Kier molecular flexibility index (Phi) is 7.16. The van der Waals surface area contributed by atoms with Crippen LogP contribution in [0, 0.1) is 0 Å². The summed E-state index contributed by atoms with van der Waals surface area (Å²) in [6.07, 6.45) is 0.916. The standard InChI is InChI=1S/C21H26N6S.ClH/c1-3-17(28-18-10-6-8-15-7-4-5-9-16(15)18)19-23-20(22)25-21(24-19)27-13-11-26(2)12-14-27;/h4-10,17H,3,11-14H2,1-2H3,(H2,22,23,24,25);1H. The van der Waals surface area contributed by atoms with Gasteiger partial charge < -0.3 is 15.5 Å². The van der Waals surface area contributed by atoms with Crippen LogP contribution in [0.25, 0.3) is 10.8 Å². The zero-order valence-electron chi connectivity index (χ0n) is 16.8. The van der Waals surface area contributed by atoms with E-state index in [1.165, 1.54) is 15.7 Å². The Hall–Kier alpha value is -2.09. The molecule has 0 amide bonds. The van der Waals surface area contributed by atoms with Gasteiger partial charge in [-0.25, -0.2) is 0 Å². The van der Waals surface area contributed by atoms with Gasteiger partial charge in [0.15, 0.2) is 0 Å². The van der Waals surface area contributed by atoms with Crippen molar-refractivity contribution in [1.82, 2.24) is 19.9 Å². The molecule has 1 atom stereocenters. The quantitative estimate of drug-likeness (QED) is 0.612. The molecule has 3 aromatic rings. The van der Waals surface area contributed by atoms with E-state index in [-0.39, 0.29) is 17.7 Å². The molecule has 1 aliphatic heterocycles. The van der Waals surface area contributed by atoms with Gasteiger partial charge in [0, 0.05) is 31.1 Å². The van der Waals surface area contributed by atoms with E-state index < -0.39 is 0 Å². The maximum atomic E-state index is 6.06. The highest BCUT2D eigenvalue weighted by molar-refractivity contribution is 7.99. The molecule has 0 saturated carbocycles. The number of hydrogen-bond acceptors (Lipinski definition) is 7. The van der Waals surface area contributed by atoms with E-state index in [0.717, 1.165) is 38.4 Å². The first-order valence-corrected chi connectivity index (χ1v) is 10.6. The number of halogens is 1. The molecule has 0 spiro atoms. The second-order valence-electron chi connectivity index (χ2n) is 7.13. The zero-order valence-corrected chi connectivity index (χ0v) is 18.4. The van der Waals surface area contributed by atoms with Gasteiger partial charge in [-0.1, -0.05) is 43.3 Å². The minimum absolute atomic E-state index is 0. The van der Waals surface area contributed by atoms with E-state index in [1.807, 2.05) is 0 Å². The molecule has 1 saturated heterocycles. The Morgan fingerprint density at radius 1 is 1.00 bits per heavy atom. The van der Waals surface area contributed by atoms with Gasteiger partial charge in [0.25, 0.3) is 0 Å². The maximum Gasteiger partial charge on any atom is 0.230 e. The van der Waals surface area contributed by atoms with Gasteiger partial charge in [-0.2, -0.15) is 15.0 Å². The maximum absolute atomic E-state index is 6.06. The number of anilines is 2. The molecule has 2 heterocycles. The Morgan fingerprint density at radius 2 is 1.72 bits per heavy atom. The highest BCUT2D eigenvalue weighted by atomic mass is 35.5. The molecule has 2 aromatic carbocycles. The molecule has 1 unspecified atom stereocenters. The summed E-state index contributed by atoms with van der Waals surface area (Å²) in [6.45, 7) is 5.99. The first-order valence-electron chi connectivity index (χ1n) is 9.73. The van der Waals surface area contributed by atoms with E-state index >= 15 is 0 Å². The molecule has 0 bridgehead atoms. The third-order valence-electron chi connectivity index (χ3n) is 5.12. The second kappa shape index (κ2) is 9.61. The summed E-state index contributed by atoms with van der Waals surface area (Å²) < 4.78 is 0. The van der Waals surface area contributed by atoms with Crippen molar-refractivity contribution >= 4 is 46.8 Å². The number of aromatic nitrogens is 3. The number of benzene rings is 2. The van der Waals surface area contributed by atoms with E-state index in [9.17, 15) is 0 Å². The normalized spacial score (nSPS) is 15.9. The molecule has 0 aliphatic carbocycles. The third-order valence-corrected chi connectivity index (χ3v) is 6.56. The molecule has 1 fully saturated rings. The highest BCUT2D eigenvalue weighted by Crippen LogP contribution is 2.39. The number of thioether (sulfide) groups is 1. The summed E-state index contributed by atoms with van der Waals surface area (Å²) in [4.78, 5) is 19.5. The fraction of sp³-hybridized carbons (Fsp3) is 0.381. The number of likely N-dealkylation sites (N-methyl/N-ethyl adjacent to an activating group) is 1. The van der Waals surface area contributed by atoms with Crippen molar-refractivity contribution in [3.63, 3.8) is 0 Å². The van der Waals surface area contributed by atoms with Crippen molar-refractivity contribution in [3.05, 3.63) is 48.3 Å². The van der Waals surface area contributed by atoms with Crippen molar-refractivity contribution in [2.75, 3.05) is 43.9 Å². The number of nitrogen functional groups attached to an aromatic ring is 1. The fourth-order valence-corrected chi connectivity index (χ4v) is 4.61. The molecular weight excluding hydrogens is 404 g/mol. The van der Waals surface area contributed by atoms with Crippen molar-refractivity contribution < 1.29 is 0 Å². The SMILES string of the molecule is CCC(Sc1cccc2ccccc12)c1nc(N)nc(N2CCN(C)CC2)n1.Cl. The van der Waals surface area contributed by atoms with Crippen LogP contribution in [-0.4, -0.2) is 53.1 Å². The minimum Gasteiger partial charge on any atom is -0.368 e. The van der Waals surface area contributed by atoms with Crippen molar-refractivity contribution in [2.45, 2.75) is 23.5 Å². The molecule has 8 heteroatoms. The van der Waals surface area contributed by atoms with Crippen LogP contribution in [0.4, 0.5) is 11.9 Å². The van der Waals surface area contributed by atoms with Gasteiger partial charge >= 0.3 is 0 Å². The van der Waals surface area contributed by atoms with Crippen LogP contribution < -0.4 is 10.6 Å². The summed E-state index contributed by atoms with van der Waals surface area (Å²) in [7, 11) is 2.14. The molecule has 6 nitrogen and oxygen atoms in total. The predicted octanol–water partition coefficient (Wildman–Crippen LogP) is 4.02. The van der Waals surface area contributed by atoms with E-state index in [0.29, 0.717) is 11.9 Å². The van der Waals surface area contributed by atoms with E-state index in [2.05, 4.69) is 76.2 Å².